The Bertz CT molecular complexity index is 508. The zero-order valence-corrected chi connectivity index (χ0v) is 11.5. The fourth-order valence-electron chi connectivity index (χ4n) is 1.97. The smallest absolute Gasteiger partial charge is 0.142 e. The summed E-state index contributed by atoms with van der Waals surface area (Å²) in [7, 11) is 3.31. The highest BCUT2D eigenvalue weighted by Gasteiger charge is 2.10. The number of methoxy groups -OCH3 is 2. The maximum absolute atomic E-state index is 5.35. The second kappa shape index (κ2) is 6.18. The van der Waals surface area contributed by atoms with Crippen LogP contribution in [0.5, 0.6) is 11.5 Å². The molecule has 1 unspecified atom stereocenters. The first-order valence-corrected chi connectivity index (χ1v) is 6.24. The largest absolute Gasteiger partial charge is 0.497 e. The Balaban J connectivity index is 2.08. The van der Waals surface area contributed by atoms with Crippen molar-refractivity contribution < 1.29 is 13.9 Å². The molecule has 0 aliphatic heterocycles. The van der Waals surface area contributed by atoms with Crippen molar-refractivity contribution in [3.8, 4) is 11.5 Å². The van der Waals surface area contributed by atoms with Gasteiger partial charge in [0, 0.05) is 18.5 Å². The summed E-state index contributed by atoms with van der Waals surface area (Å²) in [6.45, 7) is 2.10. The number of hydrogen-bond donors (Lipinski definition) is 1. The zero-order chi connectivity index (χ0) is 13.7. The molecule has 1 aromatic heterocycles. The van der Waals surface area contributed by atoms with E-state index in [9.17, 15) is 0 Å². The van der Waals surface area contributed by atoms with Crippen LogP contribution in [0.3, 0.4) is 0 Å². The Hall–Kier alpha value is -2.10. The van der Waals surface area contributed by atoms with Gasteiger partial charge in [0.05, 0.1) is 26.2 Å². The molecular weight excluding hydrogens is 242 g/mol. The van der Waals surface area contributed by atoms with Crippen molar-refractivity contribution in [1.82, 2.24) is 0 Å². The lowest BCUT2D eigenvalue weighted by atomic mass is 10.1. The number of furan rings is 1. The molecule has 1 heterocycles. The van der Waals surface area contributed by atoms with Crippen LogP contribution in [0, 0.1) is 0 Å². The predicted octanol–water partition coefficient (Wildman–Crippen LogP) is 3.34. The van der Waals surface area contributed by atoms with E-state index in [2.05, 4.69) is 12.2 Å². The molecule has 4 nitrogen and oxygen atoms in total. The fourth-order valence-corrected chi connectivity index (χ4v) is 1.97. The summed E-state index contributed by atoms with van der Waals surface area (Å²) in [6, 6.07) is 9.79. The van der Waals surface area contributed by atoms with Gasteiger partial charge in [0.1, 0.15) is 17.3 Å². The van der Waals surface area contributed by atoms with Gasteiger partial charge >= 0.3 is 0 Å². The van der Waals surface area contributed by atoms with Gasteiger partial charge in [-0.15, -0.1) is 0 Å². The molecule has 1 aromatic carbocycles. The maximum Gasteiger partial charge on any atom is 0.142 e. The van der Waals surface area contributed by atoms with Crippen molar-refractivity contribution >= 4 is 5.69 Å². The van der Waals surface area contributed by atoms with Crippen LogP contribution in [-0.4, -0.2) is 20.3 Å². The van der Waals surface area contributed by atoms with E-state index >= 15 is 0 Å². The Labute approximate surface area is 113 Å². The molecule has 1 N–H and O–H groups in total. The van der Waals surface area contributed by atoms with E-state index in [-0.39, 0.29) is 6.04 Å². The molecule has 0 radical (unpaired) electrons. The molecule has 0 saturated heterocycles. The van der Waals surface area contributed by atoms with E-state index in [4.69, 9.17) is 13.9 Å². The normalized spacial score (nSPS) is 11.9. The van der Waals surface area contributed by atoms with Gasteiger partial charge in [-0.1, -0.05) is 0 Å². The van der Waals surface area contributed by atoms with Crippen LogP contribution in [0.25, 0.3) is 0 Å². The third-order valence-corrected chi connectivity index (χ3v) is 2.90. The summed E-state index contributed by atoms with van der Waals surface area (Å²) >= 11 is 0. The minimum absolute atomic E-state index is 0.229. The van der Waals surface area contributed by atoms with Crippen molar-refractivity contribution in [3.05, 3.63) is 42.4 Å². The first kappa shape index (κ1) is 13.3. The fraction of sp³-hybridized carbons (Fsp3) is 0.333. The third-order valence-electron chi connectivity index (χ3n) is 2.90. The number of benzene rings is 1. The molecule has 1 atom stereocenters. The summed E-state index contributed by atoms with van der Waals surface area (Å²) in [4.78, 5) is 0. The van der Waals surface area contributed by atoms with Gasteiger partial charge in [0.2, 0.25) is 0 Å². The van der Waals surface area contributed by atoms with Crippen LogP contribution in [0.2, 0.25) is 0 Å². The van der Waals surface area contributed by atoms with Crippen LogP contribution in [-0.2, 0) is 6.42 Å². The molecule has 19 heavy (non-hydrogen) atoms. The van der Waals surface area contributed by atoms with Gasteiger partial charge in [-0.3, -0.25) is 0 Å². The van der Waals surface area contributed by atoms with Gasteiger partial charge in [-0.05, 0) is 31.2 Å². The van der Waals surface area contributed by atoms with Gasteiger partial charge in [0.25, 0.3) is 0 Å². The van der Waals surface area contributed by atoms with Crippen LogP contribution in [0.1, 0.15) is 12.7 Å². The molecule has 0 saturated carbocycles. The number of anilines is 1. The maximum atomic E-state index is 5.35. The molecule has 102 valence electrons. The quantitative estimate of drug-likeness (QED) is 0.866. The average molecular weight is 261 g/mol. The molecule has 2 aromatic rings. The predicted molar refractivity (Wildman–Crippen MR) is 75.0 cm³/mol. The SMILES string of the molecule is COc1ccc(OC)c(NC(C)Cc2ccco2)c1. The topological polar surface area (TPSA) is 43.6 Å². The van der Waals surface area contributed by atoms with Crippen LogP contribution >= 0.6 is 0 Å². The summed E-state index contributed by atoms with van der Waals surface area (Å²) in [5.74, 6) is 2.56. The molecule has 0 spiro atoms. The molecule has 0 aliphatic rings. The summed E-state index contributed by atoms with van der Waals surface area (Å²) < 4.78 is 15.9. The minimum atomic E-state index is 0.229. The van der Waals surface area contributed by atoms with E-state index in [1.807, 2.05) is 30.3 Å². The van der Waals surface area contributed by atoms with Gasteiger partial charge in [-0.25, -0.2) is 0 Å². The van der Waals surface area contributed by atoms with Crippen molar-refractivity contribution in [1.29, 1.82) is 0 Å². The summed E-state index contributed by atoms with van der Waals surface area (Å²) in [5.41, 5.74) is 0.918. The lowest BCUT2D eigenvalue weighted by molar-refractivity contribution is 0.404. The molecule has 0 fully saturated rings. The van der Waals surface area contributed by atoms with Crippen molar-refractivity contribution in [2.24, 2.45) is 0 Å². The van der Waals surface area contributed by atoms with E-state index in [0.717, 1.165) is 29.4 Å². The van der Waals surface area contributed by atoms with Gasteiger partial charge in [-0.2, -0.15) is 0 Å². The summed E-state index contributed by atoms with van der Waals surface area (Å²) in [6.07, 6.45) is 2.50. The van der Waals surface area contributed by atoms with Crippen molar-refractivity contribution in [3.63, 3.8) is 0 Å². The molecular formula is C15H19NO3. The Morgan fingerprint density at radius 3 is 2.68 bits per heavy atom. The summed E-state index contributed by atoms with van der Waals surface area (Å²) in [5, 5.41) is 3.41. The highest BCUT2D eigenvalue weighted by molar-refractivity contribution is 5.60. The second-order valence-corrected chi connectivity index (χ2v) is 4.40. The first-order chi connectivity index (χ1) is 9.22. The number of nitrogens with one attached hydrogen (secondary N) is 1. The van der Waals surface area contributed by atoms with Gasteiger partial charge in [0.15, 0.2) is 0 Å². The highest BCUT2D eigenvalue weighted by Crippen LogP contribution is 2.29. The van der Waals surface area contributed by atoms with Crippen LogP contribution < -0.4 is 14.8 Å². The number of hydrogen-bond acceptors (Lipinski definition) is 4. The number of rotatable bonds is 6. The third kappa shape index (κ3) is 3.44. The number of ether oxygens (including phenoxy) is 2. The lowest BCUT2D eigenvalue weighted by Crippen LogP contribution is -2.18. The van der Waals surface area contributed by atoms with E-state index in [1.165, 1.54) is 0 Å². The van der Waals surface area contributed by atoms with Crippen molar-refractivity contribution in [2.75, 3.05) is 19.5 Å². The molecule has 0 bridgehead atoms. The monoisotopic (exact) mass is 261 g/mol. The van der Waals surface area contributed by atoms with Crippen LogP contribution in [0.15, 0.2) is 41.0 Å². The van der Waals surface area contributed by atoms with Crippen LogP contribution in [0.4, 0.5) is 5.69 Å². The Morgan fingerprint density at radius 2 is 2.05 bits per heavy atom. The van der Waals surface area contributed by atoms with E-state index in [0.29, 0.717) is 0 Å². The molecule has 0 amide bonds. The van der Waals surface area contributed by atoms with Crippen molar-refractivity contribution in [2.45, 2.75) is 19.4 Å². The Morgan fingerprint density at radius 1 is 1.21 bits per heavy atom. The average Bonchev–Trinajstić information content (AvgIpc) is 2.91. The molecule has 4 heteroatoms. The minimum Gasteiger partial charge on any atom is -0.497 e. The van der Waals surface area contributed by atoms with E-state index < -0.39 is 0 Å². The second-order valence-electron chi connectivity index (χ2n) is 4.40. The first-order valence-electron chi connectivity index (χ1n) is 6.24. The highest BCUT2D eigenvalue weighted by atomic mass is 16.5. The molecule has 0 aliphatic carbocycles. The zero-order valence-electron chi connectivity index (χ0n) is 11.5. The molecule has 2 rings (SSSR count). The Kier molecular flexibility index (Phi) is 4.34. The lowest BCUT2D eigenvalue weighted by Gasteiger charge is -2.17. The standard InChI is InChI=1S/C15H19NO3/c1-11(9-13-5-4-8-19-13)16-14-10-12(17-2)6-7-15(14)18-3/h4-8,10-11,16H,9H2,1-3H3. The van der Waals surface area contributed by atoms with E-state index in [1.54, 1.807) is 20.5 Å². The van der Waals surface area contributed by atoms with Gasteiger partial charge < -0.3 is 19.2 Å².